The first-order valence-corrected chi connectivity index (χ1v) is 6.53. The minimum Gasteiger partial charge on any atom is -0.496 e. The number of aryl methyl sites for hydroxylation is 1. The van der Waals surface area contributed by atoms with Gasteiger partial charge in [0.25, 0.3) is 0 Å². The van der Waals surface area contributed by atoms with E-state index in [9.17, 15) is 0 Å². The smallest absolute Gasteiger partial charge is 0.128 e. The van der Waals surface area contributed by atoms with E-state index in [1.165, 1.54) is 29.3 Å². The molecule has 1 aliphatic rings. The molecule has 3 rings (SSSR count). The van der Waals surface area contributed by atoms with E-state index in [1.54, 1.807) is 7.11 Å². The number of rotatable bonds is 2. The Morgan fingerprint density at radius 1 is 1.39 bits per heavy atom. The van der Waals surface area contributed by atoms with Crippen LogP contribution >= 0.6 is 0 Å². The summed E-state index contributed by atoms with van der Waals surface area (Å²) in [6.45, 7) is 3.39. The van der Waals surface area contributed by atoms with Crippen molar-refractivity contribution in [2.75, 3.05) is 13.7 Å². The van der Waals surface area contributed by atoms with E-state index in [-0.39, 0.29) is 5.54 Å². The van der Waals surface area contributed by atoms with Crippen LogP contribution in [0.2, 0.25) is 0 Å². The minimum absolute atomic E-state index is 0.0775. The van der Waals surface area contributed by atoms with Crippen molar-refractivity contribution < 1.29 is 4.74 Å². The number of nitrogens with zero attached hydrogens (tertiary/aromatic N) is 1. The van der Waals surface area contributed by atoms with Crippen LogP contribution < -0.4 is 10.1 Å². The molecule has 0 spiro atoms. The molecule has 0 bridgehead atoms. The molecule has 0 aliphatic carbocycles. The molecule has 1 N–H and O–H groups in total. The number of ether oxygens (including phenoxy) is 1. The van der Waals surface area contributed by atoms with Crippen molar-refractivity contribution in [3.05, 3.63) is 30.0 Å². The topological polar surface area (TPSA) is 26.2 Å². The number of hydrogen-bond acceptors (Lipinski definition) is 2. The SMILES string of the molecule is COc1cccc2c1c(C1(C)CCCN1)cn2C. The van der Waals surface area contributed by atoms with E-state index < -0.39 is 0 Å². The molecule has 1 aromatic carbocycles. The molecule has 1 aromatic heterocycles. The van der Waals surface area contributed by atoms with Gasteiger partial charge >= 0.3 is 0 Å². The van der Waals surface area contributed by atoms with Gasteiger partial charge in [-0.15, -0.1) is 0 Å². The van der Waals surface area contributed by atoms with E-state index in [4.69, 9.17) is 4.74 Å². The average Bonchev–Trinajstić information content (AvgIpc) is 2.95. The average molecular weight is 244 g/mol. The fraction of sp³-hybridized carbons (Fsp3) is 0.467. The quantitative estimate of drug-likeness (QED) is 0.879. The van der Waals surface area contributed by atoms with Crippen molar-refractivity contribution in [3.8, 4) is 5.75 Å². The summed E-state index contributed by atoms with van der Waals surface area (Å²) in [6.07, 6.45) is 4.66. The highest BCUT2D eigenvalue weighted by molar-refractivity contribution is 5.91. The Morgan fingerprint density at radius 2 is 2.22 bits per heavy atom. The monoisotopic (exact) mass is 244 g/mol. The van der Waals surface area contributed by atoms with Gasteiger partial charge in [-0.1, -0.05) is 6.07 Å². The van der Waals surface area contributed by atoms with Crippen LogP contribution in [0.3, 0.4) is 0 Å². The lowest BCUT2D eigenvalue weighted by Gasteiger charge is -2.24. The van der Waals surface area contributed by atoms with Crippen molar-refractivity contribution in [2.24, 2.45) is 7.05 Å². The van der Waals surface area contributed by atoms with E-state index in [0.29, 0.717) is 0 Å². The Bertz CT molecular complexity index is 579. The number of methoxy groups -OCH3 is 1. The van der Waals surface area contributed by atoms with Gasteiger partial charge < -0.3 is 14.6 Å². The second kappa shape index (κ2) is 4.02. The van der Waals surface area contributed by atoms with Crippen LogP contribution in [-0.4, -0.2) is 18.2 Å². The molecule has 1 aliphatic heterocycles. The van der Waals surface area contributed by atoms with Crippen LogP contribution in [-0.2, 0) is 12.6 Å². The molecule has 96 valence electrons. The summed E-state index contributed by atoms with van der Waals surface area (Å²) in [6, 6.07) is 6.25. The predicted octanol–water partition coefficient (Wildman–Crippen LogP) is 2.79. The number of nitrogens with one attached hydrogen (secondary N) is 1. The summed E-state index contributed by atoms with van der Waals surface area (Å²) in [4.78, 5) is 0. The summed E-state index contributed by atoms with van der Waals surface area (Å²) < 4.78 is 7.74. The minimum atomic E-state index is 0.0775. The molecule has 1 fully saturated rings. The Morgan fingerprint density at radius 3 is 2.89 bits per heavy atom. The molecule has 1 atom stereocenters. The lowest BCUT2D eigenvalue weighted by molar-refractivity contribution is 0.413. The zero-order valence-corrected chi connectivity index (χ0v) is 11.3. The van der Waals surface area contributed by atoms with E-state index in [0.717, 1.165) is 12.3 Å². The summed E-state index contributed by atoms with van der Waals surface area (Å²) in [5.41, 5.74) is 2.67. The maximum atomic E-state index is 5.54. The van der Waals surface area contributed by atoms with Gasteiger partial charge in [0.1, 0.15) is 5.75 Å². The summed E-state index contributed by atoms with van der Waals surface area (Å²) in [7, 11) is 3.85. The van der Waals surface area contributed by atoms with E-state index in [2.05, 4.69) is 42.2 Å². The molecule has 3 heteroatoms. The van der Waals surface area contributed by atoms with Crippen molar-refractivity contribution in [1.82, 2.24) is 9.88 Å². The Balaban J connectivity index is 2.29. The third kappa shape index (κ3) is 1.54. The lowest BCUT2D eigenvalue weighted by atomic mass is 9.90. The Hall–Kier alpha value is -1.48. The zero-order valence-electron chi connectivity index (χ0n) is 11.3. The normalized spacial score (nSPS) is 23.7. The maximum Gasteiger partial charge on any atom is 0.128 e. The molecule has 2 aromatic rings. The molecular formula is C15H20N2O. The Labute approximate surface area is 108 Å². The lowest BCUT2D eigenvalue weighted by Crippen LogP contribution is -2.32. The highest BCUT2D eigenvalue weighted by Gasteiger charge is 2.33. The third-order valence-corrected chi connectivity index (χ3v) is 4.16. The van der Waals surface area contributed by atoms with Crippen LogP contribution in [0.15, 0.2) is 24.4 Å². The molecule has 0 amide bonds. The fourth-order valence-corrected chi connectivity index (χ4v) is 3.12. The summed E-state index contributed by atoms with van der Waals surface area (Å²) >= 11 is 0. The molecule has 1 saturated heterocycles. The highest BCUT2D eigenvalue weighted by atomic mass is 16.5. The van der Waals surface area contributed by atoms with E-state index in [1.807, 2.05) is 6.07 Å². The molecule has 0 saturated carbocycles. The van der Waals surface area contributed by atoms with Crippen molar-refractivity contribution in [3.63, 3.8) is 0 Å². The number of aromatic nitrogens is 1. The standard InChI is InChI=1S/C15H20N2O/c1-15(8-5-9-16-15)11-10-17(2)12-6-4-7-13(18-3)14(11)12/h4,6-7,10,16H,5,8-9H2,1-3H3. The Kier molecular flexibility index (Phi) is 2.59. The summed E-state index contributed by atoms with van der Waals surface area (Å²) in [5, 5.41) is 4.89. The van der Waals surface area contributed by atoms with Crippen molar-refractivity contribution in [2.45, 2.75) is 25.3 Å². The molecular weight excluding hydrogens is 224 g/mol. The highest BCUT2D eigenvalue weighted by Crippen LogP contribution is 2.39. The largest absolute Gasteiger partial charge is 0.496 e. The van der Waals surface area contributed by atoms with Gasteiger partial charge in [-0.25, -0.2) is 0 Å². The number of fused-ring (bicyclic) bond motifs is 1. The number of benzene rings is 1. The predicted molar refractivity (Wildman–Crippen MR) is 74.1 cm³/mol. The van der Waals surface area contributed by atoms with Gasteiger partial charge in [0.2, 0.25) is 0 Å². The maximum absolute atomic E-state index is 5.54. The first-order valence-electron chi connectivity index (χ1n) is 6.53. The van der Waals surface area contributed by atoms with Gasteiger partial charge in [0.05, 0.1) is 12.6 Å². The second-order valence-electron chi connectivity index (χ2n) is 5.37. The molecule has 1 unspecified atom stereocenters. The van der Waals surface area contributed by atoms with Crippen LogP contribution in [0, 0.1) is 0 Å². The summed E-state index contributed by atoms with van der Waals surface area (Å²) in [5.74, 6) is 0.970. The van der Waals surface area contributed by atoms with Crippen molar-refractivity contribution in [1.29, 1.82) is 0 Å². The van der Waals surface area contributed by atoms with Gasteiger partial charge in [-0.3, -0.25) is 0 Å². The van der Waals surface area contributed by atoms with Crippen LogP contribution in [0.25, 0.3) is 10.9 Å². The van der Waals surface area contributed by atoms with Gasteiger partial charge in [-0.05, 0) is 38.4 Å². The van der Waals surface area contributed by atoms with Gasteiger partial charge in [-0.2, -0.15) is 0 Å². The molecule has 2 heterocycles. The number of hydrogen-bond donors (Lipinski definition) is 1. The molecule has 3 nitrogen and oxygen atoms in total. The van der Waals surface area contributed by atoms with E-state index >= 15 is 0 Å². The molecule has 18 heavy (non-hydrogen) atoms. The van der Waals surface area contributed by atoms with Crippen LogP contribution in [0.5, 0.6) is 5.75 Å². The molecule has 0 radical (unpaired) electrons. The van der Waals surface area contributed by atoms with Crippen LogP contribution in [0.1, 0.15) is 25.3 Å². The second-order valence-corrected chi connectivity index (χ2v) is 5.37. The third-order valence-electron chi connectivity index (χ3n) is 4.16. The van der Waals surface area contributed by atoms with Crippen LogP contribution in [0.4, 0.5) is 0 Å². The fourth-order valence-electron chi connectivity index (χ4n) is 3.12. The first-order chi connectivity index (χ1) is 8.65. The van der Waals surface area contributed by atoms with Crippen molar-refractivity contribution >= 4 is 10.9 Å². The zero-order chi connectivity index (χ0) is 12.8. The van der Waals surface area contributed by atoms with Gasteiger partial charge in [0, 0.05) is 29.7 Å². The first kappa shape index (κ1) is 11.6. The van der Waals surface area contributed by atoms with Gasteiger partial charge in [0.15, 0.2) is 0 Å².